The van der Waals surface area contributed by atoms with Crippen LogP contribution >= 0.6 is 11.8 Å². The number of benzene rings is 2. The summed E-state index contributed by atoms with van der Waals surface area (Å²) in [7, 11) is -1.91. The Hall–Kier alpha value is -2.16. The summed E-state index contributed by atoms with van der Waals surface area (Å²) in [4.78, 5) is 0.270. The maximum atomic E-state index is 12.5. The van der Waals surface area contributed by atoms with Gasteiger partial charge in [0.25, 0.3) is 0 Å². The maximum absolute atomic E-state index is 12.5. The summed E-state index contributed by atoms with van der Waals surface area (Å²) >= 11 is 1.16. The summed E-state index contributed by atoms with van der Waals surface area (Å²) in [5, 5.41) is 0. The topological polar surface area (TPSA) is 43.4 Å². The predicted molar refractivity (Wildman–Crippen MR) is 95.1 cm³/mol. The van der Waals surface area contributed by atoms with Crippen molar-refractivity contribution in [2.45, 2.75) is 4.90 Å². The minimum Gasteiger partial charge on any atom is -0.497 e. The van der Waals surface area contributed by atoms with Crippen molar-refractivity contribution in [1.82, 2.24) is 0 Å². The molecule has 0 aliphatic carbocycles. The number of ether oxygens (including phenoxy) is 1. The molecule has 23 heavy (non-hydrogen) atoms. The summed E-state index contributed by atoms with van der Waals surface area (Å²) in [5.41, 5.74) is 0.791. The van der Waals surface area contributed by atoms with E-state index in [4.69, 9.17) is 4.74 Å². The second kappa shape index (κ2) is 7.91. The fourth-order valence-corrected chi connectivity index (χ4v) is 4.12. The molecule has 0 radical (unpaired) electrons. The summed E-state index contributed by atoms with van der Waals surface area (Å²) in [6.07, 6.45) is 3.17. The van der Waals surface area contributed by atoms with Gasteiger partial charge in [0, 0.05) is 11.6 Å². The molecule has 0 heterocycles. The zero-order chi connectivity index (χ0) is 16.7. The zero-order valence-corrected chi connectivity index (χ0v) is 14.4. The molecule has 2 rings (SSSR count). The van der Waals surface area contributed by atoms with E-state index in [0.29, 0.717) is 0 Å². The van der Waals surface area contributed by atoms with Gasteiger partial charge in [-0.15, -0.1) is 11.8 Å². The second-order valence-corrected chi connectivity index (χ2v) is 7.51. The van der Waals surface area contributed by atoms with Crippen molar-refractivity contribution < 1.29 is 13.2 Å². The van der Waals surface area contributed by atoms with E-state index >= 15 is 0 Å². The molecule has 0 aromatic heterocycles. The van der Waals surface area contributed by atoms with Gasteiger partial charge < -0.3 is 4.74 Å². The molecule has 0 atom stereocenters. The molecular formula is C18H16O3S2. The Balaban J connectivity index is 2.27. The third-order valence-corrected chi connectivity index (χ3v) is 6.23. The van der Waals surface area contributed by atoms with Gasteiger partial charge in [0.1, 0.15) is 9.99 Å². The minimum absolute atomic E-state index is 0.227. The average Bonchev–Trinajstić information content (AvgIpc) is 2.60. The van der Waals surface area contributed by atoms with E-state index in [9.17, 15) is 8.42 Å². The van der Waals surface area contributed by atoms with Crippen LogP contribution in [0.25, 0.3) is 0 Å². The van der Waals surface area contributed by atoms with Gasteiger partial charge in [0.2, 0.25) is 9.84 Å². The van der Waals surface area contributed by atoms with Crippen molar-refractivity contribution in [3.05, 3.63) is 70.5 Å². The smallest absolute Gasteiger partial charge is 0.213 e. The van der Waals surface area contributed by atoms with E-state index in [1.54, 1.807) is 43.7 Å². The lowest BCUT2D eigenvalue weighted by molar-refractivity contribution is 0.415. The van der Waals surface area contributed by atoms with E-state index in [2.05, 4.69) is 11.8 Å². The molecule has 0 amide bonds. The average molecular weight is 344 g/mol. The SMILES string of the molecule is COc1ccc(C#C/C=C(\SC)S(=O)(=O)c2ccccc2)cc1. The molecule has 2 aromatic carbocycles. The summed E-state index contributed by atoms with van der Waals surface area (Å²) in [5.74, 6) is 6.49. The number of rotatable bonds is 4. The highest BCUT2D eigenvalue weighted by atomic mass is 32.3. The first-order valence-electron chi connectivity index (χ1n) is 6.78. The number of sulfone groups is 1. The Morgan fingerprint density at radius 1 is 1.09 bits per heavy atom. The fourth-order valence-electron chi connectivity index (χ4n) is 1.81. The Bertz CT molecular complexity index is 841. The van der Waals surface area contributed by atoms with E-state index in [1.165, 1.54) is 6.08 Å². The lowest BCUT2D eigenvalue weighted by Gasteiger charge is -2.04. The second-order valence-electron chi connectivity index (χ2n) is 4.48. The van der Waals surface area contributed by atoms with Crippen molar-refractivity contribution in [2.75, 3.05) is 13.4 Å². The Morgan fingerprint density at radius 2 is 1.74 bits per heavy atom. The fraction of sp³-hybridized carbons (Fsp3) is 0.111. The van der Waals surface area contributed by atoms with Crippen molar-refractivity contribution in [2.24, 2.45) is 0 Å². The predicted octanol–water partition coefficient (Wildman–Crippen LogP) is 3.73. The third kappa shape index (κ3) is 4.41. The molecular weight excluding hydrogens is 328 g/mol. The molecule has 3 nitrogen and oxygen atoms in total. The van der Waals surface area contributed by atoms with Gasteiger partial charge in [0.05, 0.1) is 12.0 Å². The van der Waals surface area contributed by atoms with Gasteiger partial charge >= 0.3 is 0 Å². The van der Waals surface area contributed by atoms with Gasteiger partial charge in [-0.2, -0.15) is 0 Å². The quantitative estimate of drug-likeness (QED) is 0.793. The van der Waals surface area contributed by atoms with Crippen LogP contribution in [0, 0.1) is 11.8 Å². The van der Waals surface area contributed by atoms with Crippen LogP contribution in [0.5, 0.6) is 5.75 Å². The maximum Gasteiger partial charge on any atom is 0.213 e. The normalized spacial score (nSPS) is 11.5. The van der Waals surface area contributed by atoms with Gasteiger partial charge in [-0.3, -0.25) is 0 Å². The first kappa shape index (κ1) is 17.2. The van der Waals surface area contributed by atoms with Crippen LogP contribution in [0.4, 0.5) is 0 Å². The molecule has 118 valence electrons. The van der Waals surface area contributed by atoms with Crippen LogP contribution in [-0.4, -0.2) is 21.8 Å². The van der Waals surface area contributed by atoms with E-state index < -0.39 is 9.84 Å². The highest BCUT2D eigenvalue weighted by Crippen LogP contribution is 2.26. The molecule has 0 unspecified atom stereocenters. The summed E-state index contributed by atoms with van der Waals surface area (Å²) in [6.45, 7) is 0. The Labute approximate surface area is 141 Å². The van der Waals surface area contributed by atoms with E-state index in [0.717, 1.165) is 23.1 Å². The van der Waals surface area contributed by atoms with E-state index in [-0.39, 0.29) is 9.13 Å². The lowest BCUT2D eigenvalue weighted by atomic mass is 10.2. The number of hydrogen-bond donors (Lipinski definition) is 0. The van der Waals surface area contributed by atoms with Gasteiger partial charge in [0.15, 0.2) is 0 Å². The zero-order valence-electron chi connectivity index (χ0n) is 12.8. The number of methoxy groups -OCH3 is 1. The molecule has 0 aliphatic rings. The molecule has 5 heteroatoms. The van der Waals surface area contributed by atoms with Crippen LogP contribution < -0.4 is 4.74 Å². The van der Waals surface area contributed by atoms with Gasteiger partial charge in [-0.1, -0.05) is 30.0 Å². The molecule has 0 saturated carbocycles. The molecule has 0 aliphatic heterocycles. The first-order chi connectivity index (χ1) is 11.1. The van der Waals surface area contributed by atoms with Crippen LogP contribution in [-0.2, 0) is 9.84 Å². The van der Waals surface area contributed by atoms with Gasteiger partial charge in [-0.05, 0) is 42.7 Å². The third-order valence-electron chi connectivity index (χ3n) is 3.02. The molecule has 0 bridgehead atoms. The van der Waals surface area contributed by atoms with Crippen molar-refractivity contribution in [3.63, 3.8) is 0 Å². The van der Waals surface area contributed by atoms with E-state index in [1.807, 2.05) is 24.3 Å². The summed E-state index contributed by atoms with van der Waals surface area (Å²) in [6, 6.07) is 15.6. The van der Waals surface area contributed by atoms with Crippen LogP contribution in [0.15, 0.2) is 69.8 Å². The molecule has 0 fully saturated rings. The van der Waals surface area contributed by atoms with Crippen LogP contribution in [0.1, 0.15) is 5.56 Å². The van der Waals surface area contributed by atoms with Crippen LogP contribution in [0.3, 0.4) is 0 Å². The summed E-state index contributed by atoms with van der Waals surface area (Å²) < 4.78 is 30.3. The monoisotopic (exact) mass is 344 g/mol. The minimum atomic E-state index is -3.51. The highest BCUT2D eigenvalue weighted by molar-refractivity contribution is 8.18. The Kier molecular flexibility index (Phi) is 5.91. The number of allylic oxidation sites excluding steroid dienone is 1. The van der Waals surface area contributed by atoms with Crippen molar-refractivity contribution in [1.29, 1.82) is 0 Å². The molecule has 2 aromatic rings. The van der Waals surface area contributed by atoms with Crippen LogP contribution in [0.2, 0.25) is 0 Å². The standard InChI is InChI=1S/C18H16O3S2/c1-21-16-13-11-15(12-14-16)7-6-10-18(22-2)23(19,20)17-8-4-3-5-9-17/h3-5,8-14H,1-2H3/b18-10+. The Morgan fingerprint density at radius 3 is 2.30 bits per heavy atom. The largest absolute Gasteiger partial charge is 0.497 e. The molecule has 0 N–H and O–H groups in total. The molecule has 0 saturated heterocycles. The number of hydrogen-bond acceptors (Lipinski definition) is 4. The highest BCUT2D eigenvalue weighted by Gasteiger charge is 2.19. The number of thioether (sulfide) groups is 1. The van der Waals surface area contributed by atoms with Crippen molar-refractivity contribution >= 4 is 21.6 Å². The van der Waals surface area contributed by atoms with Crippen molar-refractivity contribution in [3.8, 4) is 17.6 Å². The first-order valence-corrected chi connectivity index (χ1v) is 9.48. The van der Waals surface area contributed by atoms with Gasteiger partial charge in [-0.25, -0.2) is 8.42 Å². The molecule has 0 spiro atoms. The lowest BCUT2D eigenvalue weighted by Crippen LogP contribution is -2.01.